The lowest BCUT2D eigenvalue weighted by molar-refractivity contribution is -0.113. The monoisotopic (exact) mass is 330 g/mol. The number of nitrogen functional groups attached to an aromatic ring is 1. The molecular weight excluding hydrogens is 312 g/mol. The van der Waals surface area contributed by atoms with E-state index < -0.39 is 26.7 Å². The van der Waals surface area contributed by atoms with E-state index in [9.17, 15) is 13.2 Å². The Morgan fingerprint density at radius 2 is 1.95 bits per heavy atom. The molecule has 116 valence electrons. The number of hydrogen-bond acceptors (Lipinski definition) is 4. The first kappa shape index (κ1) is 16.1. The van der Waals surface area contributed by atoms with Crippen molar-refractivity contribution >= 4 is 38.7 Å². The molecule has 0 aromatic heterocycles. The molecule has 1 amide bonds. The van der Waals surface area contributed by atoms with Gasteiger partial charge in [0.25, 0.3) is 0 Å². The van der Waals surface area contributed by atoms with Crippen LogP contribution >= 0.6 is 11.6 Å². The van der Waals surface area contributed by atoms with Crippen molar-refractivity contribution in [3.05, 3.63) is 23.2 Å². The fourth-order valence-electron chi connectivity index (χ4n) is 2.55. The van der Waals surface area contributed by atoms with E-state index in [-0.39, 0.29) is 0 Å². The van der Waals surface area contributed by atoms with Gasteiger partial charge in [0.05, 0.1) is 16.6 Å². The summed E-state index contributed by atoms with van der Waals surface area (Å²) in [7, 11) is -3.41. The molecule has 1 aliphatic rings. The van der Waals surface area contributed by atoms with Gasteiger partial charge >= 0.3 is 0 Å². The minimum Gasteiger partial charge on any atom is -0.397 e. The van der Waals surface area contributed by atoms with Crippen LogP contribution in [0, 0.1) is 0 Å². The predicted molar refractivity (Wildman–Crippen MR) is 85.2 cm³/mol. The van der Waals surface area contributed by atoms with Gasteiger partial charge in [-0.05, 0) is 31.0 Å². The number of carbonyl (C=O) groups is 1. The van der Waals surface area contributed by atoms with Gasteiger partial charge < -0.3 is 11.1 Å². The van der Waals surface area contributed by atoms with Gasteiger partial charge in [0.1, 0.15) is 5.75 Å². The van der Waals surface area contributed by atoms with E-state index in [0.717, 1.165) is 19.3 Å². The maximum absolute atomic E-state index is 12.2. The molecule has 1 aliphatic carbocycles. The van der Waals surface area contributed by atoms with Crippen LogP contribution in [0.3, 0.4) is 0 Å². The maximum Gasteiger partial charge on any atom is 0.239 e. The first-order valence-electron chi connectivity index (χ1n) is 6.95. The number of carbonyl (C=O) groups excluding carboxylic acids is 1. The summed E-state index contributed by atoms with van der Waals surface area (Å²) in [5.74, 6) is -1.08. The number of hydrogen-bond donors (Lipinski definition) is 2. The molecule has 0 atom stereocenters. The van der Waals surface area contributed by atoms with Crippen LogP contribution in [-0.2, 0) is 14.6 Å². The third kappa shape index (κ3) is 4.35. The number of nitrogens with one attached hydrogen (secondary N) is 1. The van der Waals surface area contributed by atoms with Crippen molar-refractivity contribution in [2.45, 2.75) is 37.4 Å². The molecule has 0 heterocycles. The quantitative estimate of drug-likeness (QED) is 0.830. The van der Waals surface area contributed by atoms with E-state index in [4.69, 9.17) is 17.3 Å². The van der Waals surface area contributed by atoms with Crippen LogP contribution in [0.4, 0.5) is 11.4 Å². The molecule has 2 rings (SSSR count). The van der Waals surface area contributed by atoms with Crippen molar-refractivity contribution in [2.75, 3.05) is 16.8 Å². The van der Waals surface area contributed by atoms with E-state index >= 15 is 0 Å². The summed E-state index contributed by atoms with van der Waals surface area (Å²) in [5, 5.41) is 2.55. The van der Waals surface area contributed by atoms with Crippen LogP contribution in [0.25, 0.3) is 0 Å². The highest BCUT2D eigenvalue weighted by molar-refractivity contribution is 7.92. The number of benzene rings is 1. The van der Waals surface area contributed by atoms with Gasteiger partial charge in [-0.3, -0.25) is 4.79 Å². The minimum absolute atomic E-state index is 0.339. The van der Waals surface area contributed by atoms with E-state index in [1.807, 2.05) is 0 Å². The number of halogens is 1. The molecule has 0 aliphatic heterocycles. The van der Waals surface area contributed by atoms with Crippen LogP contribution in [-0.4, -0.2) is 25.3 Å². The lowest BCUT2D eigenvalue weighted by atomic mass is 10.0. The minimum atomic E-state index is -3.41. The molecule has 0 unspecified atom stereocenters. The van der Waals surface area contributed by atoms with Gasteiger partial charge in [0.2, 0.25) is 5.91 Å². The summed E-state index contributed by atoms with van der Waals surface area (Å²) in [6.07, 6.45) is 4.18. The Hall–Kier alpha value is -1.27. The molecule has 0 saturated heterocycles. The molecule has 1 fully saturated rings. The van der Waals surface area contributed by atoms with Gasteiger partial charge in [-0.25, -0.2) is 8.42 Å². The second kappa shape index (κ2) is 6.66. The van der Waals surface area contributed by atoms with Crippen LogP contribution in [0.5, 0.6) is 0 Å². The lowest BCUT2D eigenvalue weighted by Crippen LogP contribution is -2.32. The van der Waals surface area contributed by atoms with Crippen molar-refractivity contribution in [1.29, 1.82) is 0 Å². The molecule has 3 N–H and O–H groups in total. The predicted octanol–water partition coefficient (Wildman–Crippen LogP) is 2.61. The average Bonchev–Trinajstić information content (AvgIpc) is 2.43. The number of rotatable bonds is 4. The van der Waals surface area contributed by atoms with Crippen molar-refractivity contribution in [3.63, 3.8) is 0 Å². The summed E-state index contributed by atoms with van der Waals surface area (Å²) in [5.41, 5.74) is 6.41. The number of amides is 1. The summed E-state index contributed by atoms with van der Waals surface area (Å²) in [4.78, 5) is 11.9. The standard InChI is InChI=1S/C14H19ClN2O3S/c15-10-6-7-12(16)13(8-10)17-14(18)9-21(19,20)11-4-2-1-3-5-11/h6-8,11H,1-5,9,16H2,(H,17,18). The first-order chi connectivity index (χ1) is 9.88. The highest BCUT2D eigenvalue weighted by atomic mass is 35.5. The van der Waals surface area contributed by atoms with Gasteiger partial charge in [-0.2, -0.15) is 0 Å². The van der Waals surface area contributed by atoms with E-state index in [2.05, 4.69) is 5.32 Å². The van der Waals surface area contributed by atoms with Crippen LogP contribution < -0.4 is 11.1 Å². The zero-order chi connectivity index (χ0) is 15.5. The summed E-state index contributed by atoms with van der Waals surface area (Å²) >= 11 is 5.83. The largest absolute Gasteiger partial charge is 0.397 e. The number of nitrogens with two attached hydrogens (primary N) is 1. The smallest absolute Gasteiger partial charge is 0.239 e. The summed E-state index contributed by atoms with van der Waals surface area (Å²) in [6.45, 7) is 0. The fraction of sp³-hybridized carbons (Fsp3) is 0.500. The molecule has 0 spiro atoms. The third-order valence-corrected chi connectivity index (χ3v) is 6.07. The molecule has 5 nitrogen and oxygen atoms in total. The number of sulfone groups is 1. The summed E-state index contributed by atoms with van der Waals surface area (Å²) in [6, 6.07) is 4.67. The van der Waals surface area contributed by atoms with Gasteiger partial charge in [0.15, 0.2) is 9.84 Å². The molecule has 0 bridgehead atoms. The number of anilines is 2. The Kier molecular flexibility index (Phi) is 5.11. The third-order valence-electron chi connectivity index (χ3n) is 3.68. The first-order valence-corrected chi connectivity index (χ1v) is 9.04. The topological polar surface area (TPSA) is 89.3 Å². The Labute approximate surface area is 129 Å². The fourth-order valence-corrected chi connectivity index (χ4v) is 4.44. The molecule has 1 saturated carbocycles. The van der Waals surface area contributed by atoms with Gasteiger partial charge in [0, 0.05) is 5.02 Å². The van der Waals surface area contributed by atoms with Crippen LogP contribution in [0.1, 0.15) is 32.1 Å². The van der Waals surface area contributed by atoms with Crippen molar-refractivity contribution in [2.24, 2.45) is 0 Å². The van der Waals surface area contributed by atoms with Crippen molar-refractivity contribution in [1.82, 2.24) is 0 Å². The molecule has 7 heteroatoms. The average molecular weight is 331 g/mol. The lowest BCUT2D eigenvalue weighted by Gasteiger charge is -2.21. The van der Waals surface area contributed by atoms with Crippen LogP contribution in [0.2, 0.25) is 5.02 Å². The normalized spacial score (nSPS) is 16.6. The van der Waals surface area contributed by atoms with Gasteiger partial charge in [-0.15, -0.1) is 0 Å². The Morgan fingerprint density at radius 3 is 2.62 bits per heavy atom. The highest BCUT2D eigenvalue weighted by Crippen LogP contribution is 2.25. The second-order valence-electron chi connectivity index (χ2n) is 5.35. The Balaban J connectivity index is 2.02. The molecule has 1 aromatic rings. The SMILES string of the molecule is Nc1ccc(Cl)cc1NC(=O)CS(=O)(=O)C1CCCCC1. The van der Waals surface area contributed by atoms with E-state index in [1.165, 1.54) is 6.07 Å². The highest BCUT2D eigenvalue weighted by Gasteiger charge is 2.29. The van der Waals surface area contributed by atoms with E-state index in [0.29, 0.717) is 29.2 Å². The van der Waals surface area contributed by atoms with Crippen molar-refractivity contribution in [3.8, 4) is 0 Å². The zero-order valence-electron chi connectivity index (χ0n) is 11.6. The Bertz CT molecular complexity index is 625. The zero-order valence-corrected chi connectivity index (χ0v) is 13.2. The molecule has 21 heavy (non-hydrogen) atoms. The molecule has 0 radical (unpaired) electrons. The molecular formula is C14H19ClN2O3S. The maximum atomic E-state index is 12.2. The summed E-state index contributed by atoms with van der Waals surface area (Å²) < 4.78 is 24.4. The second-order valence-corrected chi connectivity index (χ2v) is 8.06. The van der Waals surface area contributed by atoms with Crippen molar-refractivity contribution < 1.29 is 13.2 Å². The Morgan fingerprint density at radius 1 is 1.29 bits per heavy atom. The van der Waals surface area contributed by atoms with Gasteiger partial charge in [-0.1, -0.05) is 30.9 Å². The van der Waals surface area contributed by atoms with E-state index in [1.54, 1.807) is 12.1 Å². The van der Waals surface area contributed by atoms with Crippen LogP contribution in [0.15, 0.2) is 18.2 Å². The molecule has 1 aromatic carbocycles.